The Kier molecular flexibility index (Phi) is 5.50. The third kappa shape index (κ3) is 5.06. The maximum atomic E-state index is 12.1. The van der Waals surface area contributed by atoms with Crippen molar-refractivity contribution in [3.8, 4) is 0 Å². The van der Waals surface area contributed by atoms with Gasteiger partial charge in [-0.3, -0.25) is 9.59 Å². The molecular formula is C18H22N4O4S. The molecule has 2 aliphatic rings. The van der Waals surface area contributed by atoms with Gasteiger partial charge >= 0.3 is 6.09 Å². The molecule has 0 aromatic carbocycles. The molecule has 2 fully saturated rings. The van der Waals surface area contributed by atoms with E-state index in [9.17, 15) is 14.4 Å². The molecule has 27 heavy (non-hydrogen) atoms. The van der Waals surface area contributed by atoms with E-state index in [0.717, 1.165) is 11.8 Å². The van der Waals surface area contributed by atoms with Crippen molar-refractivity contribution < 1.29 is 19.1 Å². The average molecular weight is 390 g/mol. The Labute approximate surface area is 162 Å². The quantitative estimate of drug-likeness (QED) is 0.560. The van der Waals surface area contributed by atoms with Gasteiger partial charge in [-0.1, -0.05) is 0 Å². The van der Waals surface area contributed by atoms with Gasteiger partial charge in [0.15, 0.2) is 5.78 Å². The van der Waals surface area contributed by atoms with Crippen molar-refractivity contribution in [3.63, 3.8) is 0 Å². The molecule has 0 aliphatic carbocycles. The Hall–Kier alpha value is -2.42. The number of allylic oxidation sites excluding steroid dienone is 1. The lowest BCUT2D eigenvalue weighted by Gasteiger charge is -2.35. The number of piperazine rings is 1. The van der Waals surface area contributed by atoms with Crippen LogP contribution in [-0.4, -0.2) is 63.6 Å². The number of carbonyl (C=O) groups excluding carboxylic acids is 3. The van der Waals surface area contributed by atoms with Crippen molar-refractivity contribution in [2.75, 3.05) is 31.1 Å². The first kappa shape index (κ1) is 19.3. The van der Waals surface area contributed by atoms with E-state index in [4.69, 9.17) is 4.74 Å². The molecule has 0 N–H and O–H groups in total. The van der Waals surface area contributed by atoms with Crippen LogP contribution in [0.4, 0.5) is 10.7 Å². The Morgan fingerprint density at radius 3 is 2.52 bits per heavy atom. The summed E-state index contributed by atoms with van der Waals surface area (Å²) >= 11 is 0.958. The van der Waals surface area contributed by atoms with Crippen LogP contribution in [0.5, 0.6) is 0 Å². The number of hydrogen-bond donors (Lipinski definition) is 0. The summed E-state index contributed by atoms with van der Waals surface area (Å²) < 4.78 is 5.40. The van der Waals surface area contributed by atoms with Gasteiger partial charge in [-0.05, 0) is 44.7 Å². The van der Waals surface area contributed by atoms with Crippen molar-refractivity contribution >= 4 is 40.8 Å². The van der Waals surface area contributed by atoms with E-state index >= 15 is 0 Å². The van der Waals surface area contributed by atoms with Gasteiger partial charge in [-0.2, -0.15) is 0 Å². The number of aromatic nitrogens is 2. The van der Waals surface area contributed by atoms with E-state index in [0.29, 0.717) is 42.7 Å². The molecule has 8 nitrogen and oxygen atoms in total. The van der Waals surface area contributed by atoms with Crippen LogP contribution in [0.15, 0.2) is 17.2 Å². The SMILES string of the molecule is CC(C)(C)OC(=O)N1CCN(c2nccc(C=C3SC(=O)CC3=O)n2)CC1. The number of hydrogen-bond acceptors (Lipinski definition) is 8. The minimum Gasteiger partial charge on any atom is -0.444 e. The molecule has 0 atom stereocenters. The third-order valence-corrected chi connectivity index (χ3v) is 4.90. The second kappa shape index (κ2) is 7.67. The Morgan fingerprint density at radius 2 is 1.93 bits per heavy atom. The lowest BCUT2D eigenvalue weighted by atomic mass is 10.2. The molecule has 9 heteroatoms. The van der Waals surface area contributed by atoms with E-state index in [1.54, 1.807) is 23.2 Å². The van der Waals surface area contributed by atoms with Gasteiger partial charge in [0.1, 0.15) is 5.60 Å². The first-order chi connectivity index (χ1) is 12.7. The standard InChI is InChI=1S/C18H22N4O4S/c1-18(2,3)26-17(25)22-8-6-21(7-9-22)16-19-5-4-12(20-16)10-14-13(23)11-15(24)27-14/h4-5,10H,6-9,11H2,1-3H3. The van der Waals surface area contributed by atoms with Crippen LogP contribution < -0.4 is 4.90 Å². The molecule has 0 radical (unpaired) electrons. The number of ketones is 1. The molecule has 3 heterocycles. The number of amides is 1. The molecule has 0 bridgehead atoms. The summed E-state index contributed by atoms with van der Waals surface area (Å²) in [4.78, 5) is 48.1. The lowest BCUT2D eigenvalue weighted by Crippen LogP contribution is -2.50. The minimum atomic E-state index is -0.518. The summed E-state index contributed by atoms with van der Waals surface area (Å²) in [5.74, 6) is 0.367. The average Bonchev–Trinajstić information content (AvgIpc) is 2.91. The van der Waals surface area contributed by atoms with Gasteiger partial charge in [0, 0.05) is 32.4 Å². The van der Waals surface area contributed by atoms with Gasteiger partial charge in [0.2, 0.25) is 11.1 Å². The van der Waals surface area contributed by atoms with Crippen molar-refractivity contribution in [2.45, 2.75) is 32.8 Å². The number of carbonyl (C=O) groups is 3. The van der Waals surface area contributed by atoms with Crippen LogP contribution in [0.25, 0.3) is 6.08 Å². The van der Waals surface area contributed by atoms with E-state index in [1.165, 1.54) is 0 Å². The molecule has 2 aliphatic heterocycles. The minimum absolute atomic E-state index is 0.0545. The summed E-state index contributed by atoms with van der Waals surface area (Å²) in [5, 5.41) is -0.140. The molecule has 0 spiro atoms. The van der Waals surface area contributed by atoms with Crippen molar-refractivity contribution in [1.29, 1.82) is 0 Å². The summed E-state index contributed by atoms with van der Waals surface area (Å²) in [6, 6.07) is 1.70. The Morgan fingerprint density at radius 1 is 1.22 bits per heavy atom. The van der Waals surface area contributed by atoms with Crippen LogP contribution in [0.1, 0.15) is 32.9 Å². The number of nitrogens with zero attached hydrogens (tertiary/aromatic N) is 4. The smallest absolute Gasteiger partial charge is 0.410 e. The van der Waals surface area contributed by atoms with Gasteiger partial charge in [-0.25, -0.2) is 14.8 Å². The fraction of sp³-hybridized carbons (Fsp3) is 0.500. The zero-order chi connectivity index (χ0) is 19.6. The fourth-order valence-electron chi connectivity index (χ4n) is 2.69. The Bertz CT molecular complexity index is 795. The van der Waals surface area contributed by atoms with Crippen LogP contribution in [-0.2, 0) is 14.3 Å². The maximum absolute atomic E-state index is 12.1. The molecular weight excluding hydrogens is 368 g/mol. The third-order valence-electron chi connectivity index (χ3n) is 3.96. The summed E-state index contributed by atoms with van der Waals surface area (Å²) in [7, 11) is 0. The second-order valence-corrected chi connectivity index (χ2v) is 8.42. The summed E-state index contributed by atoms with van der Waals surface area (Å²) in [6.45, 7) is 7.75. The number of Topliss-reactive ketones (excluding diaryl/α,β-unsaturated/α-hetero) is 1. The molecule has 1 amide bonds. The van der Waals surface area contributed by atoms with Gasteiger partial charge in [0.25, 0.3) is 0 Å². The molecule has 144 valence electrons. The maximum Gasteiger partial charge on any atom is 0.410 e. The highest BCUT2D eigenvalue weighted by molar-refractivity contribution is 8.18. The van der Waals surface area contributed by atoms with E-state index in [-0.39, 0.29) is 23.4 Å². The zero-order valence-electron chi connectivity index (χ0n) is 15.6. The van der Waals surface area contributed by atoms with Crippen LogP contribution in [0, 0.1) is 0 Å². The van der Waals surface area contributed by atoms with Crippen LogP contribution in [0.3, 0.4) is 0 Å². The second-order valence-electron chi connectivity index (χ2n) is 7.32. The molecule has 2 saturated heterocycles. The zero-order valence-corrected chi connectivity index (χ0v) is 16.4. The first-order valence-corrected chi connectivity index (χ1v) is 9.54. The Balaban J connectivity index is 1.64. The first-order valence-electron chi connectivity index (χ1n) is 8.73. The van der Waals surface area contributed by atoms with Crippen LogP contribution in [0.2, 0.25) is 0 Å². The molecule has 0 saturated carbocycles. The van der Waals surface area contributed by atoms with Gasteiger partial charge < -0.3 is 14.5 Å². The number of thioether (sulfide) groups is 1. The predicted octanol–water partition coefficient (Wildman–Crippen LogP) is 2.11. The monoisotopic (exact) mass is 390 g/mol. The van der Waals surface area contributed by atoms with Crippen molar-refractivity contribution in [1.82, 2.24) is 14.9 Å². The van der Waals surface area contributed by atoms with Gasteiger partial charge in [0.05, 0.1) is 17.0 Å². The fourth-order valence-corrected chi connectivity index (χ4v) is 3.50. The molecule has 3 rings (SSSR count). The van der Waals surface area contributed by atoms with Crippen molar-refractivity contribution in [3.05, 3.63) is 22.9 Å². The largest absolute Gasteiger partial charge is 0.444 e. The summed E-state index contributed by atoms with van der Waals surface area (Å²) in [5.41, 5.74) is 0.0658. The van der Waals surface area contributed by atoms with E-state index < -0.39 is 5.60 Å². The highest BCUT2D eigenvalue weighted by Crippen LogP contribution is 2.30. The number of ether oxygens (including phenoxy) is 1. The summed E-state index contributed by atoms with van der Waals surface area (Å²) in [6.07, 6.45) is 2.88. The van der Waals surface area contributed by atoms with Crippen molar-refractivity contribution in [2.24, 2.45) is 0 Å². The van der Waals surface area contributed by atoms with E-state index in [2.05, 4.69) is 9.97 Å². The lowest BCUT2D eigenvalue weighted by molar-refractivity contribution is -0.119. The predicted molar refractivity (Wildman–Crippen MR) is 102 cm³/mol. The molecule has 1 aromatic rings. The van der Waals surface area contributed by atoms with Gasteiger partial charge in [-0.15, -0.1) is 0 Å². The topological polar surface area (TPSA) is 92.7 Å². The normalized spacial score (nSPS) is 19.7. The molecule has 1 aromatic heterocycles. The van der Waals surface area contributed by atoms with E-state index in [1.807, 2.05) is 25.7 Å². The number of anilines is 1. The van der Waals surface area contributed by atoms with Crippen LogP contribution >= 0.6 is 11.8 Å². The highest BCUT2D eigenvalue weighted by Gasteiger charge is 2.28. The number of rotatable bonds is 2. The molecule has 0 unspecified atom stereocenters. The highest BCUT2D eigenvalue weighted by atomic mass is 32.2.